The van der Waals surface area contributed by atoms with Crippen LogP contribution in [-0.2, 0) is 0 Å². The molecular weight excluding hydrogens is 122 g/mol. The van der Waals surface area contributed by atoms with Crippen LogP contribution in [0.15, 0.2) is 12.3 Å². The second-order valence-electron chi connectivity index (χ2n) is 1.90. The van der Waals surface area contributed by atoms with E-state index in [1.807, 2.05) is 19.0 Å². The molecule has 0 bridgehead atoms. The number of halogens is 1. The topological polar surface area (TPSA) is 3.24 Å². The molecule has 0 aromatic rings. The minimum atomic E-state index is 0.664. The van der Waals surface area contributed by atoms with E-state index in [4.69, 9.17) is 11.6 Å². The molecule has 2 heteroatoms. The number of allylic oxidation sites excluding steroid dienone is 1. The zero-order valence-electron chi connectivity index (χ0n) is 5.45. The highest BCUT2D eigenvalue weighted by Crippen LogP contribution is 2.00. The van der Waals surface area contributed by atoms with Gasteiger partial charge in [0.2, 0.25) is 0 Å². The Labute approximate surface area is 55.9 Å². The van der Waals surface area contributed by atoms with Crippen molar-refractivity contribution in [1.82, 2.24) is 4.90 Å². The number of alkyl halides is 1. The average Bonchev–Trinajstić information content (AvgIpc) is 1.67. The van der Waals surface area contributed by atoms with Crippen LogP contribution in [0.1, 0.15) is 6.42 Å². The molecule has 0 N–H and O–H groups in total. The highest BCUT2D eigenvalue weighted by atomic mass is 35.5. The van der Waals surface area contributed by atoms with E-state index in [1.165, 1.54) is 0 Å². The highest BCUT2D eigenvalue weighted by molar-refractivity contribution is 6.17. The van der Waals surface area contributed by atoms with Gasteiger partial charge in [0.15, 0.2) is 0 Å². The lowest BCUT2D eigenvalue weighted by molar-refractivity contribution is 0.498. The molecule has 0 aliphatic carbocycles. The molecule has 8 heavy (non-hydrogen) atoms. The maximum Gasteiger partial charge on any atom is 0.0277 e. The third kappa shape index (κ3) is 2.92. The summed E-state index contributed by atoms with van der Waals surface area (Å²) in [5.41, 5.74) is 1.08. The van der Waals surface area contributed by atoms with Crippen LogP contribution in [0.2, 0.25) is 0 Å². The van der Waals surface area contributed by atoms with E-state index < -0.39 is 0 Å². The molecule has 0 aliphatic heterocycles. The van der Waals surface area contributed by atoms with Crippen LogP contribution in [0, 0.1) is 0 Å². The smallest absolute Gasteiger partial charge is 0.0277 e. The third-order valence-corrected chi connectivity index (χ3v) is 1.20. The summed E-state index contributed by atoms with van der Waals surface area (Å²) in [4.78, 5) is 1.97. The molecule has 0 aromatic heterocycles. The molecule has 0 saturated carbocycles. The van der Waals surface area contributed by atoms with Gasteiger partial charge in [-0.2, -0.15) is 0 Å². The first-order valence-electron chi connectivity index (χ1n) is 2.59. The Morgan fingerprint density at radius 2 is 2.12 bits per heavy atom. The largest absolute Gasteiger partial charge is 0.381 e. The van der Waals surface area contributed by atoms with Crippen LogP contribution in [0.4, 0.5) is 0 Å². The Morgan fingerprint density at radius 1 is 1.62 bits per heavy atom. The van der Waals surface area contributed by atoms with E-state index >= 15 is 0 Å². The first-order chi connectivity index (χ1) is 3.68. The average molecular weight is 134 g/mol. The van der Waals surface area contributed by atoms with Crippen LogP contribution >= 0.6 is 11.6 Å². The zero-order chi connectivity index (χ0) is 6.57. The van der Waals surface area contributed by atoms with Crippen LogP contribution < -0.4 is 0 Å². The molecule has 48 valence electrons. The maximum atomic E-state index is 5.45. The molecular formula is C6H12ClN. The van der Waals surface area contributed by atoms with Crippen molar-refractivity contribution in [2.45, 2.75) is 6.42 Å². The van der Waals surface area contributed by atoms with Crippen molar-refractivity contribution in [1.29, 1.82) is 0 Å². The van der Waals surface area contributed by atoms with Gasteiger partial charge in [-0.1, -0.05) is 6.58 Å². The molecule has 0 atom stereocenters. The minimum absolute atomic E-state index is 0.664. The molecule has 1 nitrogen and oxygen atoms in total. The molecule has 0 heterocycles. The minimum Gasteiger partial charge on any atom is -0.381 e. The lowest BCUT2D eigenvalue weighted by atomic mass is 10.3. The molecule has 0 amide bonds. The Bertz CT molecular complexity index is 78.6. The maximum absolute atomic E-state index is 5.45. The van der Waals surface area contributed by atoms with Gasteiger partial charge in [-0.25, -0.2) is 0 Å². The second kappa shape index (κ2) is 3.79. The van der Waals surface area contributed by atoms with Crippen molar-refractivity contribution in [3.05, 3.63) is 12.3 Å². The van der Waals surface area contributed by atoms with Gasteiger partial charge in [-0.15, -0.1) is 11.6 Å². The molecule has 0 aliphatic rings. The fraction of sp³-hybridized carbons (Fsp3) is 0.667. The Balaban J connectivity index is 3.33. The number of hydrogen-bond acceptors (Lipinski definition) is 1. The summed E-state index contributed by atoms with van der Waals surface area (Å²) in [6, 6.07) is 0. The van der Waals surface area contributed by atoms with Crippen molar-refractivity contribution in [3.8, 4) is 0 Å². The van der Waals surface area contributed by atoms with E-state index in [1.54, 1.807) is 0 Å². The molecule has 0 radical (unpaired) electrons. The molecule has 0 unspecified atom stereocenters. The van der Waals surface area contributed by atoms with E-state index in [-0.39, 0.29) is 0 Å². The van der Waals surface area contributed by atoms with E-state index in [9.17, 15) is 0 Å². The van der Waals surface area contributed by atoms with Crippen LogP contribution in [0.5, 0.6) is 0 Å². The van der Waals surface area contributed by atoms with Crippen molar-refractivity contribution < 1.29 is 0 Å². The molecule has 0 aromatic carbocycles. The first kappa shape index (κ1) is 7.83. The summed E-state index contributed by atoms with van der Waals surface area (Å²) in [6.45, 7) is 3.79. The summed E-state index contributed by atoms with van der Waals surface area (Å²) in [5.74, 6) is 0.664. The van der Waals surface area contributed by atoms with Gasteiger partial charge in [0, 0.05) is 32.1 Å². The van der Waals surface area contributed by atoms with Gasteiger partial charge in [0.05, 0.1) is 0 Å². The SMILES string of the molecule is C=C(CCCl)N(C)C. The highest BCUT2D eigenvalue weighted by Gasteiger charge is 1.91. The van der Waals surface area contributed by atoms with Gasteiger partial charge in [0.25, 0.3) is 0 Å². The second-order valence-corrected chi connectivity index (χ2v) is 2.28. The molecule has 0 spiro atoms. The van der Waals surface area contributed by atoms with Gasteiger partial charge in [0.1, 0.15) is 0 Å². The summed E-state index contributed by atoms with van der Waals surface area (Å²) < 4.78 is 0. The number of hydrogen-bond donors (Lipinski definition) is 0. The monoisotopic (exact) mass is 133 g/mol. The standard InChI is InChI=1S/C6H12ClN/c1-6(4-5-7)8(2)3/h1,4-5H2,2-3H3. The Kier molecular flexibility index (Phi) is 3.71. The summed E-state index contributed by atoms with van der Waals surface area (Å²) >= 11 is 5.45. The Morgan fingerprint density at radius 3 is 2.25 bits per heavy atom. The number of rotatable bonds is 3. The zero-order valence-corrected chi connectivity index (χ0v) is 6.20. The summed E-state index contributed by atoms with van der Waals surface area (Å²) in [5, 5.41) is 0. The van der Waals surface area contributed by atoms with Crippen molar-refractivity contribution >= 4 is 11.6 Å². The normalized spacial score (nSPS) is 8.88. The lowest BCUT2D eigenvalue weighted by Gasteiger charge is -2.13. The van der Waals surface area contributed by atoms with Crippen LogP contribution in [0.3, 0.4) is 0 Å². The fourth-order valence-electron chi connectivity index (χ4n) is 0.333. The Hall–Kier alpha value is -0.170. The van der Waals surface area contributed by atoms with Crippen molar-refractivity contribution in [2.75, 3.05) is 20.0 Å². The molecule has 0 saturated heterocycles. The van der Waals surface area contributed by atoms with Crippen LogP contribution in [0.25, 0.3) is 0 Å². The van der Waals surface area contributed by atoms with Gasteiger partial charge >= 0.3 is 0 Å². The molecule has 0 rings (SSSR count). The summed E-state index contributed by atoms with van der Waals surface area (Å²) in [6.07, 6.45) is 0.883. The third-order valence-electron chi connectivity index (χ3n) is 1.02. The molecule has 0 fully saturated rings. The van der Waals surface area contributed by atoms with Gasteiger partial charge in [-0.3, -0.25) is 0 Å². The summed E-state index contributed by atoms with van der Waals surface area (Å²) in [7, 11) is 3.93. The van der Waals surface area contributed by atoms with E-state index in [2.05, 4.69) is 6.58 Å². The quantitative estimate of drug-likeness (QED) is 0.530. The fourth-order valence-corrected chi connectivity index (χ4v) is 0.551. The van der Waals surface area contributed by atoms with Crippen molar-refractivity contribution in [3.63, 3.8) is 0 Å². The van der Waals surface area contributed by atoms with Crippen LogP contribution in [-0.4, -0.2) is 24.9 Å². The van der Waals surface area contributed by atoms with E-state index in [0.29, 0.717) is 5.88 Å². The first-order valence-corrected chi connectivity index (χ1v) is 3.13. The van der Waals surface area contributed by atoms with Gasteiger partial charge < -0.3 is 4.90 Å². The van der Waals surface area contributed by atoms with E-state index in [0.717, 1.165) is 12.1 Å². The predicted octanol–water partition coefficient (Wildman–Crippen LogP) is 1.69. The van der Waals surface area contributed by atoms with Gasteiger partial charge in [-0.05, 0) is 0 Å². The number of nitrogens with zero attached hydrogens (tertiary/aromatic N) is 1. The van der Waals surface area contributed by atoms with Crippen molar-refractivity contribution in [2.24, 2.45) is 0 Å². The predicted molar refractivity (Wildman–Crippen MR) is 38.2 cm³/mol. The lowest BCUT2D eigenvalue weighted by Crippen LogP contribution is -2.09.